The zero-order valence-electron chi connectivity index (χ0n) is 9.41. The van der Waals surface area contributed by atoms with Crippen molar-refractivity contribution < 1.29 is 8.42 Å². The van der Waals surface area contributed by atoms with Crippen molar-refractivity contribution >= 4 is 54.9 Å². The number of aliphatic imine (C=N–C) groups is 1. The van der Waals surface area contributed by atoms with Crippen LogP contribution in [-0.4, -0.2) is 19.9 Å². The monoisotopic (exact) mass is 371 g/mol. The van der Waals surface area contributed by atoms with Gasteiger partial charge in [0.05, 0.1) is 15.0 Å². The first-order chi connectivity index (χ1) is 8.23. The van der Waals surface area contributed by atoms with E-state index in [2.05, 4.69) is 25.6 Å². The topological polar surface area (TPSA) is 84.5 Å². The van der Waals surface area contributed by atoms with Crippen LogP contribution in [0, 0.1) is 0 Å². The highest BCUT2D eigenvalue weighted by molar-refractivity contribution is 9.10. The van der Waals surface area contributed by atoms with Crippen LogP contribution >= 0.6 is 38.9 Å². The van der Waals surface area contributed by atoms with Crippen molar-refractivity contribution in [2.75, 3.05) is 0 Å². The zero-order valence-corrected chi connectivity index (χ0v) is 13.4. The Morgan fingerprint density at radius 1 is 1.67 bits per heavy atom. The summed E-state index contributed by atoms with van der Waals surface area (Å²) >= 11 is 9.95. The Hall–Kier alpha value is -0.310. The first kappa shape index (κ1) is 14.1. The molecule has 1 aromatic heterocycles. The van der Waals surface area contributed by atoms with Gasteiger partial charge in [-0.05, 0) is 35.7 Å². The molecule has 0 spiro atoms. The summed E-state index contributed by atoms with van der Waals surface area (Å²) in [5.41, 5.74) is 5.38. The van der Waals surface area contributed by atoms with Crippen LogP contribution in [0.25, 0.3) is 0 Å². The summed E-state index contributed by atoms with van der Waals surface area (Å²) in [5, 5.41) is 1.89. The lowest BCUT2D eigenvalue weighted by molar-refractivity contribution is 0.593. The molecule has 0 bridgehead atoms. The predicted molar refractivity (Wildman–Crippen MR) is 76.6 cm³/mol. The standard InChI is InChI=1S/C9H11BrClN3O2S2/c1-9(2-3-9)13-8(12)14-18(15,16)7-6(10)5(11)4-17-7/h4H,2-3H2,1H3,(H3,12,13,14). The van der Waals surface area contributed by atoms with Gasteiger partial charge in [-0.25, -0.2) is 18.1 Å². The predicted octanol–water partition coefficient (Wildman–Crippen LogP) is 2.31. The molecule has 0 aromatic carbocycles. The normalized spacial score (nSPS) is 18.7. The van der Waals surface area contributed by atoms with Crippen LogP contribution in [0.2, 0.25) is 5.02 Å². The lowest BCUT2D eigenvalue weighted by Gasteiger charge is -2.08. The molecular weight excluding hydrogens is 362 g/mol. The van der Waals surface area contributed by atoms with Crippen molar-refractivity contribution in [1.29, 1.82) is 0 Å². The number of thiophene rings is 1. The van der Waals surface area contributed by atoms with Gasteiger partial charge in [0.15, 0.2) is 4.21 Å². The van der Waals surface area contributed by atoms with Crippen LogP contribution in [0.1, 0.15) is 19.8 Å². The molecule has 100 valence electrons. The third kappa shape index (κ3) is 2.98. The van der Waals surface area contributed by atoms with E-state index in [1.165, 1.54) is 5.38 Å². The Balaban J connectivity index is 2.22. The molecular formula is C9H11BrClN3O2S2. The van der Waals surface area contributed by atoms with Crippen LogP contribution in [0.5, 0.6) is 0 Å². The van der Waals surface area contributed by atoms with Crippen molar-refractivity contribution in [2.24, 2.45) is 10.7 Å². The largest absolute Gasteiger partial charge is 0.369 e. The number of hydrogen-bond acceptors (Lipinski definition) is 4. The average Bonchev–Trinajstić information content (AvgIpc) is 2.83. The molecule has 3 N–H and O–H groups in total. The van der Waals surface area contributed by atoms with E-state index >= 15 is 0 Å². The Kier molecular flexibility index (Phi) is 3.65. The lowest BCUT2D eigenvalue weighted by atomic mass is 10.3. The smallest absolute Gasteiger partial charge is 0.274 e. The van der Waals surface area contributed by atoms with Crippen molar-refractivity contribution in [2.45, 2.75) is 29.5 Å². The highest BCUT2D eigenvalue weighted by Gasteiger charge is 2.37. The summed E-state index contributed by atoms with van der Waals surface area (Å²) in [6, 6.07) is 0. The Bertz CT molecular complexity index is 607. The summed E-state index contributed by atoms with van der Waals surface area (Å²) in [6.45, 7) is 1.92. The van der Waals surface area contributed by atoms with Gasteiger partial charge in [0.25, 0.3) is 10.0 Å². The van der Waals surface area contributed by atoms with Crippen LogP contribution in [0.4, 0.5) is 0 Å². The molecule has 5 nitrogen and oxygen atoms in total. The highest BCUT2D eigenvalue weighted by atomic mass is 79.9. The third-order valence-corrected chi connectivity index (χ3v) is 7.40. The van der Waals surface area contributed by atoms with Crippen molar-refractivity contribution in [3.63, 3.8) is 0 Å². The van der Waals surface area contributed by atoms with Gasteiger partial charge in [0.1, 0.15) is 0 Å². The number of rotatable bonds is 3. The van der Waals surface area contributed by atoms with Gasteiger partial charge in [0.2, 0.25) is 5.96 Å². The molecule has 1 aliphatic rings. The molecule has 1 saturated carbocycles. The molecule has 1 fully saturated rings. The van der Waals surface area contributed by atoms with Crippen molar-refractivity contribution in [3.8, 4) is 0 Å². The second-order valence-corrected chi connectivity index (χ2v) is 8.24. The van der Waals surface area contributed by atoms with Gasteiger partial charge in [0, 0.05) is 5.38 Å². The number of nitrogens with two attached hydrogens (primary N) is 1. The Morgan fingerprint density at radius 2 is 2.28 bits per heavy atom. The minimum Gasteiger partial charge on any atom is -0.369 e. The van der Waals surface area contributed by atoms with Gasteiger partial charge >= 0.3 is 0 Å². The number of halogens is 2. The van der Waals surface area contributed by atoms with Gasteiger partial charge in [-0.15, -0.1) is 11.3 Å². The number of hydrogen-bond donors (Lipinski definition) is 2. The third-order valence-electron chi connectivity index (χ3n) is 2.51. The molecule has 1 aliphatic carbocycles. The molecule has 0 atom stereocenters. The maximum atomic E-state index is 12.0. The quantitative estimate of drug-likeness (QED) is 0.631. The molecule has 1 heterocycles. The van der Waals surface area contributed by atoms with E-state index in [4.69, 9.17) is 17.3 Å². The van der Waals surface area contributed by atoms with E-state index in [9.17, 15) is 8.42 Å². The molecule has 1 aromatic rings. The number of nitrogens with zero attached hydrogens (tertiary/aromatic N) is 1. The van der Waals surface area contributed by atoms with E-state index in [-0.39, 0.29) is 15.7 Å². The number of nitrogens with one attached hydrogen (secondary N) is 1. The average molecular weight is 373 g/mol. The molecule has 2 rings (SSSR count). The van der Waals surface area contributed by atoms with Crippen molar-refractivity contribution in [1.82, 2.24) is 4.72 Å². The van der Waals surface area contributed by atoms with E-state index in [0.29, 0.717) is 9.50 Å². The maximum absolute atomic E-state index is 12.0. The first-order valence-corrected chi connectivity index (χ1v) is 8.57. The van der Waals surface area contributed by atoms with Gasteiger partial charge < -0.3 is 5.73 Å². The summed E-state index contributed by atoms with van der Waals surface area (Å²) in [5.74, 6) is -0.0913. The first-order valence-electron chi connectivity index (χ1n) is 5.04. The SMILES string of the molecule is CC1(N=C(N)NS(=O)(=O)c2scc(Cl)c2Br)CC1. The molecule has 9 heteroatoms. The fraction of sp³-hybridized carbons (Fsp3) is 0.444. The molecule has 0 aliphatic heterocycles. The summed E-state index contributed by atoms with van der Waals surface area (Å²) in [6.07, 6.45) is 1.84. The summed E-state index contributed by atoms with van der Waals surface area (Å²) in [4.78, 5) is 4.13. The van der Waals surface area contributed by atoms with Gasteiger partial charge in [-0.3, -0.25) is 0 Å². The molecule has 0 saturated heterocycles. The zero-order chi connectivity index (χ0) is 13.6. The highest BCUT2D eigenvalue weighted by Crippen LogP contribution is 2.39. The van der Waals surface area contributed by atoms with Crippen LogP contribution in [-0.2, 0) is 10.0 Å². The second-order valence-electron chi connectivity index (χ2n) is 4.28. The summed E-state index contributed by atoms with van der Waals surface area (Å²) in [7, 11) is -3.73. The van der Waals surface area contributed by atoms with E-state index in [1.807, 2.05) is 6.92 Å². The van der Waals surface area contributed by atoms with Crippen molar-refractivity contribution in [3.05, 3.63) is 14.9 Å². The minimum absolute atomic E-state index is 0.0894. The lowest BCUT2D eigenvalue weighted by Crippen LogP contribution is -2.37. The van der Waals surface area contributed by atoms with E-state index in [1.54, 1.807) is 0 Å². The van der Waals surface area contributed by atoms with Gasteiger partial charge in [-0.2, -0.15) is 0 Å². The fourth-order valence-electron chi connectivity index (χ4n) is 1.28. The van der Waals surface area contributed by atoms with Crippen LogP contribution in [0.15, 0.2) is 19.1 Å². The van der Waals surface area contributed by atoms with Gasteiger partial charge in [-0.1, -0.05) is 11.6 Å². The molecule has 0 unspecified atom stereocenters. The number of sulfonamides is 1. The molecule has 0 amide bonds. The molecule has 0 radical (unpaired) electrons. The molecule has 18 heavy (non-hydrogen) atoms. The van der Waals surface area contributed by atoms with E-state index < -0.39 is 10.0 Å². The Labute approximate surface area is 123 Å². The number of guanidine groups is 1. The second kappa shape index (κ2) is 4.66. The summed E-state index contributed by atoms with van der Waals surface area (Å²) < 4.78 is 26.7. The Morgan fingerprint density at radius 3 is 2.72 bits per heavy atom. The van der Waals surface area contributed by atoms with Crippen LogP contribution in [0.3, 0.4) is 0 Å². The van der Waals surface area contributed by atoms with E-state index in [0.717, 1.165) is 24.2 Å². The van der Waals surface area contributed by atoms with Crippen LogP contribution < -0.4 is 10.5 Å². The minimum atomic E-state index is -3.73. The fourth-order valence-corrected chi connectivity index (χ4v) is 4.88. The maximum Gasteiger partial charge on any atom is 0.274 e.